The van der Waals surface area contributed by atoms with E-state index < -0.39 is 0 Å². The highest BCUT2D eigenvalue weighted by Gasteiger charge is 2.07. The molecule has 0 aliphatic rings. The second-order valence-electron chi connectivity index (χ2n) is 4.33. The molecule has 0 amide bonds. The summed E-state index contributed by atoms with van der Waals surface area (Å²) in [5.74, 6) is 0.315. The maximum absolute atomic E-state index is 5.78. The molecule has 0 saturated heterocycles. The van der Waals surface area contributed by atoms with Gasteiger partial charge in [0.25, 0.3) is 0 Å². The average Bonchev–Trinajstić information content (AvgIpc) is 2.46. The third-order valence-electron chi connectivity index (χ3n) is 3.08. The van der Waals surface area contributed by atoms with Gasteiger partial charge in [0.05, 0.1) is 11.2 Å². The van der Waals surface area contributed by atoms with Crippen molar-refractivity contribution in [2.24, 2.45) is 0 Å². The minimum Gasteiger partial charge on any atom is -0.368 e. The summed E-state index contributed by atoms with van der Waals surface area (Å²) < 4.78 is 0. The van der Waals surface area contributed by atoms with E-state index in [0.717, 1.165) is 34.3 Å². The van der Waals surface area contributed by atoms with Crippen molar-refractivity contribution in [1.82, 2.24) is 15.0 Å². The zero-order valence-electron chi connectivity index (χ0n) is 10.7. The molecular weight excluding hydrogens is 236 g/mol. The Morgan fingerprint density at radius 3 is 2.84 bits per heavy atom. The van der Waals surface area contributed by atoms with E-state index in [-0.39, 0.29) is 0 Å². The van der Waals surface area contributed by atoms with E-state index in [4.69, 9.17) is 5.73 Å². The highest BCUT2D eigenvalue weighted by atomic mass is 15.0. The summed E-state index contributed by atoms with van der Waals surface area (Å²) in [6, 6.07) is 12.0. The number of nitrogens with two attached hydrogens (primary N) is 1. The number of pyridine rings is 1. The Balaban J connectivity index is 2.27. The summed E-state index contributed by atoms with van der Waals surface area (Å²) in [4.78, 5) is 12.9. The molecule has 4 heteroatoms. The first-order valence-electron chi connectivity index (χ1n) is 6.25. The van der Waals surface area contributed by atoms with Crippen LogP contribution in [0.25, 0.3) is 22.2 Å². The van der Waals surface area contributed by atoms with Crippen LogP contribution >= 0.6 is 0 Å². The number of anilines is 1. The smallest absolute Gasteiger partial charge is 0.220 e. The Bertz CT molecular complexity index is 732. The molecule has 0 spiro atoms. The van der Waals surface area contributed by atoms with Crippen molar-refractivity contribution in [2.45, 2.75) is 13.3 Å². The van der Waals surface area contributed by atoms with Crippen molar-refractivity contribution in [2.75, 3.05) is 5.73 Å². The van der Waals surface area contributed by atoms with Gasteiger partial charge in [0, 0.05) is 22.8 Å². The summed E-state index contributed by atoms with van der Waals surface area (Å²) in [6.07, 6.45) is 2.63. The molecule has 3 rings (SSSR count). The number of rotatable bonds is 2. The topological polar surface area (TPSA) is 64.7 Å². The van der Waals surface area contributed by atoms with Crippen LogP contribution < -0.4 is 5.73 Å². The number of aryl methyl sites for hydroxylation is 1. The van der Waals surface area contributed by atoms with Crippen LogP contribution in [0.3, 0.4) is 0 Å². The first kappa shape index (κ1) is 11.6. The molecule has 3 aromatic rings. The van der Waals surface area contributed by atoms with E-state index in [1.807, 2.05) is 36.4 Å². The van der Waals surface area contributed by atoms with E-state index in [0.29, 0.717) is 5.95 Å². The highest BCUT2D eigenvalue weighted by Crippen LogP contribution is 2.26. The van der Waals surface area contributed by atoms with Gasteiger partial charge in [0.15, 0.2) is 0 Å². The highest BCUT2D eigenvalue weighted by molar-refractivity contribution is 5.93. The molecule has 4 nitrogen and oxygen atoms in total. The Labute approximate surface area is 111 Å². The quantitative estimate of drug-likeness (QED) is 0.759. The summed E-state index contributed by atoms with van der Waals surface area (Å²) in [7, 11) is 0. The van der Waals surface area contributed by atoms with Gasteiger partial charge in [0.2, 0.25) is 5.95 Å². The van der Waals surface area contributed by atoms with Gasteiger partial charge in [-0.1, -0.05) is 25.1 Å². The first-order chi connectivity index (χ1) is 9.28. The van der Waals surface area contributed by atoms with Gasteiger partial charge in [-0.05, 0) is 24.6 Å². The van der Waals surface area contributed by atoms with Crippen LogP contribution in [0.1, 0.15) is 12.6 Å². The van der Waals surface area contributed by atoms with Crippen LogP contribution in [0.2, 0.25) is 0 Å². The molecule has 0 atom stereocenters. The normalized spacial score (nSPS) is 10.8. The van der Waals surface area contributed by atoms with Crippen molar-refractivity contribution >= 4 is 16.9 Å². The standard InChI is InChI=1S/C15H14N4/c1-2-10-9-14(19-15(16)18-10)12-5-3-7-13-11(12)6-4-8-17-13/h3-9H,2H2,1H3,(H2,16,18,19). The zero-order chi connectivity index (χ0) is 13.2. The van der Waals surface area contributed by atoms with Crippen molar-refractivity contribution in [3.05, 3.63) is 48.3 Å². The number of nitrogens with zero attached hydrogens (tertiary/aromatic N) is 3. The maximum Gasteiger partial charge on any atom is 0.220 e. The fraction of sp³-hybridized carbons (Fsp3) is 0.133. The monoisotopic (exact) mass is 250 g/mol. The van der Waals surface area contributed by atoms with Crippen LogP contribution in [0.4, 0.5) is 5.95 Å². The first-order valence-corrected chi connectivity index (χ1v) is 6.25. The Kier molecular flexibility index (Phi) is 2.83. The molecule has 0 unspecified atom stereocenters. The molecule has 0 aliphatic carbocycles. The molecule has 2 heterocycles. The molecule has 0 fully saturated rings. The van der Waals surface area contributed by atoms with Crippen molar-refractivity contribution in [3.63, 3.8) is 0 Å². The SMILES string of the molecule is CCc1cc(-c2cccc3ncccc23)nc(N)n1. The number of aromatic nitrogens is 3. The lowest BCUT2D eigenvalue weighted by Crippen LogP contribution is -2.00. The summed E-state index contributed by atoms with van der Waals surface area (Å²) in [5, 5.41) is 1.07. The van der Waals surface area contributed by atoms with E-state index in [2.05, 4.69) is 21.9 Å². The third-order valence-corrected chi connectivity index (χ3v) is 3.08. The lowest BCUT2D eigenvalue weighted by atomic mass is 10.0. The second kappa shape index (κ2) is 4.65. The number of hydrogen-bond donors (Lipinski definition) is 1. The van der Waals surface area contributed by atoms with Crippen LogP contribution in [-0.4, -0.2) is 15.0 Å². The number of fused-ring (bicyclic) bond motifs is 1. The summed E-state index contributed by atoms with van der Waals surface area (Å²) in [5.41, 5.74) is 9.57. The van der Waals surface area contributed by atoms with Crippen molar-refractivity contribution in [1.29, 1.82) is 0 Å². The van der Waals surface area contributed by atoms with Crippen LogP contribution in [0, 0.1) is 0 Å². The fourth-order valence-electron chi connectivity index (χ4n) is 2.16. The van der Waals surface area contributed by atoms with Gasteiger partial charge < -0.3 is 5.73 Å². The van der Waals surface area contributed by atoms with Gasteiger partial charge in [-0.3, -0.25) is 4.98 Å². The van der Waals surface area contributed by atoms with Crippen LogP contribution in [0.15, 0.2) is 42.6 Å². The Morgan fingerprint density at radius 2 is 2.00 bits per heavy atom. The van der Waals surface area contributed by atoms with Crippen molar-refractivity contribution in [3.8, 4) is 11.3 Å². The maximum atomic E-state index is 5.78. The molecule has 0 bridgehead atoms. The van der Waals surface area contributed by atoms with Crippen LogP contribution in [0.5, 0.6) is 0 Å². The molecule has 0 aliphatic heterocycles. The Morgan fingerprint density at radius 1 is 1.11 bits per heavy atom. The minimum atomic E-state index is 0.315. The lowest BCUT2D eigenvalue weighted by molar-refractivity contribution is 1.01. The summed E-state index contributed by atoms with van der Waals surface area (Å²) >= 11 is 0. The number of benzene rings is 1. The third kappa shape index (κ3) is 2.12. The summed E-state index contributed by atoms with van der Waals surface area (Å²) in [6.45, 7) is 2.05. The predicted molar refractivity (Wildman–Crippen MR) is 76.6 cm³/mol. The van der Waals surface area contributed by atoms with Gasteiger partial charge in [-0.25, -0.2) is 9.97 Å². The molecule has 19 heavy (non-hydrogen) atoms. The lowest BCUT2D eigenvalue weighted by Gasteiger charge is -2.07. The number of nitrogen functional groups attached to an aromatic ring is 1. The molecule has 94 valence electrons. The van der Waals surface area contributed by atoms with E-state index in [1.54, 1.807) is 6.20 Å². The van der Waals surface area contributed by atoms with Crippen molar-refractivity contribution < 1.29 is 0 Å². The minimum absolute atomic E-state index is 0.315. The zero-order valence-corrected chi connectivity index (χ0v) is 10.7. The van der Waals surface area contributed by atoms with E-state index in [1.165, 1.54) is 0 Å². The molecule has 0 radical (unpaired) electrons. The van der Waals surface area contributed by atoms with Gasteiger partial charge in [-0.15, -0.1) is 0 Å². The molecule has 1 aromatic carbocycles. The van der Waals surface area contributed by atoms with Crippen LogP contribution in [-0.2, 0) is 6.42 Å². The average molecular weight is 250 g/mol. The largest absolute Gasteiger partial charge is 0.368 e. The molecule has 0 saturated carbocycles. The predicted octanol–water partition coefficient (Wildman–Crippen LogP) is 2.84. The molecule has 2 N–H and O–H groups in total. The molecule has 2 aromatic heterocycles. The molecular formula is C15H14N4. The van der Waals surface area contributed by atoms with E-state index in [9.17, 15) is 0 Å². The van der Waals surface area contributed by atoms with Gasteiger partial charge >= 0.3 is 0 Å². The van der Waals surface area contributed by atoms with E-state index >= 15 is 0 Å². The number of hydrogen-bond acceptors (Lipinski definition) is 4. The second-order valence-corrected chi connectivity index (χ2v) is 4.33. The van der Waals surface area contributed by atoms with Gasteiger partial charge in [0.1, 0.15) is 0 Å². The fourth-order valence-corrected chi connectivity index (χ4v) is 2.16. The van der Waals surface area contributed by atoms with Gasteiger partial charge in [-0.2, -0.15) is 0 Å². The Hall–Kier alpha value is -2.49.